The fourth-order valence-electron chi connectivity index (χ4n) is 4.36. The Hall–Kier alpha value is -3.39. The fraction of sp³-hybridized carbons (Fsp3) is 0.375. The number of aliphatic hydroxyl groups excluding tert-OH is 1. The van der Waals surface area contributed by atoms with Gasteiger partial charge >= 0.3 is 12.1 Å². The average Bonchev–Trinajstić information content (AvgIpc) is 3.08. The number of rotatable bonds is 8. The zero-order valence-electron chi connectivity index (χ0n) is 17.5. The number of carbonyl (C=O) groups is 3. The molecule has 2 aliphatic carbocycles. The molecule has 1 unspecified atom stereocenters. The van der Waals surface area contributed by atoms with Crippen LogP contribution in [0.25, 0.3) is 11.1 Å². The lowest BCUT2D eigenvalue weighted by Gasteiger charge is -2.34. The van der Waals surface area contributed by atoms with Crippen molar-refractivity contribution in [3.8, 4) is 11.1 Å². The lowest BCUT2D eigenvalue weighted by atomic mass is 9.79. The number of aliphatic hydroxyl groups is 1. The number of hydrogen-bond donors (Lipinski definition) is 4. The standard InChI is InChI=1S/C24H26N2O6/c27-21(23(29)30)9-10-25-22(28)14-11-15(12-14)26-24(31)32-13-20-18-7-3-1-5-16(18)17-6-2-4-8-19(17)20/h1-8,14-15,20-21,27H,9-13H2,(H,25,28)(H,26,31)(H,29,30). The lowest BCUT2D eigenvalue weighted by Crippen LogP contribution is -2.50. The van der Waals surface area contributed by atoms with Crippen LogP contribution in [0.1, 0.15) is 36.3 Å². The van der Waals surface area contributed by atoms with E-state index in [-0.39, 0.29) is 43.4 Å². The molecule has 0 spiro atoms. The number of carboxylic acid groups (broad SMARTS) is 1. The van der Waals surface area contributed by atoms with Crippen molar-refractivity contribution in [2.24, 2.45) is 5.92 Å². The van der Waals surface area contributed by atoms with Crippen molar-refractivity contribution < 1.29 is 29.3 Å². The molecule has 2 aromatic rings. The van der Waals surface area contributed by atoms with Crippen LogP contribution in [0.4, 0.5) is 4.79 Å². The number of hydrogen-bond acceptors (Lipinski definition) is 5. The van der Waals surface area contributed by atoms with Crippen LogP contribution in [0.2, 0.25) is 0 Å². The normalized spacial score (nSPS) is 19.8. The third-order valence-corrected chi connectivity index (χ3v) is 6.18. The zero-order chi connectivity index (χ0) is 22.7. The Kier molecular flexibility index (Phi) is 6.41. The maximum Gasteiger partial charge on any atom is 0.407 e. The summed E-state index contributed by atoms with van der Waals surface area (Å²) in [7, 11) is 0. The molecule has 0 aromatic heterocycles. The molecule has 0 bridgehead atoms. The molecular formula is C24H26N2O6. The molecule has 0 saturated heterocycles. The molecule has 1 saturated carbocycles. The van der Waals surface area contributed by atoms with Crippen LogP contribution in [-0.2, 0) is 14.3 Å². The minimum Gasteiger partial charge on any atom is -0.479 e. The van der Waals surface area contributed by atoms with Crippen LogP contribution >= 0.6 is 0 Å². The third-order valence-electron chi connectivity index (χ3n) is 6.18. The summed E-state index contributed by atoms with van der Waals surface area (Å²) in [5, 5.41) is 23.3. The van der Waals surface area contributed by atoms with Crippen molar-refractivity contribution in [2.75, 3.05) is 13.2 Å². The summed E-state index contributed by atoms with van der Waals surface area (Å²) >= 11 is 0. The smallest absolute Gasteiger partial charge is 0.407 e. The molecule has 2 amide bonds. The van der Waals surface area contributed by atoms with Gasteiger partial charge in [-0.05, 0) is 35.1 Å². The highest BCUT2D eigenvalue weighted by molar-refractivity contribution is 5.81. The first-order chi connectivity index (χ1) is 15.4. The van der Waals surface area contributed by atoms with Crippen molar-refractivity contribution in [3.05, 3.63) is 59.7 Å². The van der Waals surface area contributed by atoms with E-state index in [1.165, 1.54) is 11.1 Å². The van der Waals surface area contributed by atoms with E-state index in [9.17, 15) is 19.5 Å². The topological polar surface area (TPSA) is 125 Å². The molecule has 0 heterocycles. The summed E-state index contributed by atoms with van der Waals surface area (Å²) < 4.78 is 5.52. The number of fused-ring (bicyclic) bond motifs is 3. The number of alkyl carbamates (subject to hydrolysis) is 1. The second-order valence-electron chi connectivity index (χ2n) is 8.27. The van der Waals surface area contributed by atoms with E-state index in [0.29, 0.717) is 12.8 Å². The number of carbonyl (C=O) groups excluding carboxylic acids is 2. The van der Waals surface area contributed by atoms with Gasteiger partial charge in [-0.3, -0.25) is 4.79 Å². The molecule has 32 heavy (non-hydrogen) atoms. The predicted octanol–water partition coefficient (Wildman–Crippen LogP) is 2.26. The predicted molar refractivity (Wildman–Crippen MR) is 116 cm³/mol. The van der Waals surface area contributed by atoms with E-state index < -0.39 is 18.2 Å². The largest absolute Gasteiger partial charge is 0.479 e. The van der Waals surface area contributed by atoms with Crippen molar-refractivity contribution in [3.63, 3.8) is 0 Å². The maximum atomic E-state index is 12.3. The molecule has 4 rings (SSSR count). The van der Waals surface area contributed by atoms with Crippen molar-refractivity contribution in [2.45, 2.75) is 37.3 Å². The Morgan fingerprint density at radius 2 is 1.59 bits per heavy atom. The van der Waals surface area contributed by atoms with Gasteiger partial charge < -0.3 is 25.6 Å². The second kappa shape index (κ2) is 9.40. The first kappa shape index (κ1) is 21.8. The first-order valence-corrected chi connectivity index (χ1v) is 10.7. The average molecular weight is 438 g/mol. The Balaban J connectivity index is 1.21. The van der Waals surface area contributed by atoms with Crippen LogP contribution in [0.5, 0.6) is 0 Å². The highest BCUT2D eigenvalue weighted by Gasteiger charge is 2.36. The van der Waals surface area contributed by atoms with Crippen molar-refractivity contribution in [1.82, 2.24) is 10.6 Å². The van der Waals surface area contributed by atoms with E-state index in [0.717, 1.165) is 11.1 Å². The quantitative estimate of drug-likeness (QED) is 0.501. The molecule has 168 valence electrons. The van der Waals surface area contributed by atoms with Gasteiger partial charge in [-0.2, -0.15) is 0 Å². The monoisotopic (exact) mass is 438 g/mol. The third kappa shape index (κ3) is 4.60. The Morgan fingerprint density at radius 1 is 1.00 bits per heavy atom. The molecule has 8 heteroatoms. The molecule has 2 aromatic carbocycles. The minimum absolute atomic E-state index is 0.00535. The van der Waals surface area contributed by atoms with E-state index in [1.807, 2.05) is 24.3 Å². The lowest BCUT2D eigenvalue weighted by molar-refractivity contribution is -0.147. The summed E-state index contributed by atoms with van der Waals surface area (Å²) in [5.41, 5.74) is 4.63. The molecule has 2 aliphatic rings. The van der Waals surface area contributed by atoms with Gasteiger partial charge in [-0.1, -0.05) is 48.5 Å². The number of amides is 2. The van der Waals surface area contributed by atoms with Crippen LogP contribution < -0.4 is 10.6 Å². The molecule has 8 nitrogen and oxygen atoms in total. The van der Waals surface area contributed by atoms with Crippen LogP contribution in [-0.4, -0.2) is 53.5 Å². The van der Waals surface area contributed by atoms with Gasteiger partial charge in [0.2, 0.25) is 5.91 Å². The second-order valence-corrected chi connectivity index (χ2v) is 8.27. The van der Waals surface area contributed by atoms with Gasteiger partial charge in [-0.15, -0.1) is 0 Å². The molecule has 4 N–H and O–H groups in total. The maximum absolute atomic E-state index is 12.3. The van der Waals surface area contributed by atoms with E-state index in [4.69, 9.17) is 9.84 Å². The SMILES string of the molecule is O=C(NC1CC(C(=O)NCCC(O)C(=O)O)C1)OCC1c2ccccc2-c2ccccc21. The summed E-state index contributed by atoms with van der Waals surface area (Å²) in [6.07, 6.45) is -1.04. The van der Waals surface area contributed by atoms with E-state index in [1.54, 1.807) is 0 Å². The summed E-state index contributed by atoms with van der Waals surface area (Å²) in [6.45, 7) is 0.329. The van der Waals surface area contributed by atoms with Crippen LogP contribution in [0, 0.1) is 5.92 Å². The van der Waals surface area contributed by atoms with Crippen LogP contribution in [0.15, 0.2) is 48.5 Å². The van der Waals surface area contributed by atoms with Gasteiger partial charge in [0.05, 0.1) is 0 Å². The van der Waals surface area contributed by atoms with Crippen molar-refractivity contribution in [1.29, 1.82) is 0 Å². The Morgan fingerprint density at radius 3 is 2.19 bits per heavy atom. The van der Waals surface area contributed by atoms with Gasteiger partial charge in [-0.25, -0.2) is 9.59 Å². The molecule has 0 aliphatic heterocycles. The van der Waals surface area contributed by atoms with Crippen molar-refractivity contribution >= 4 is 18.0 Å². The first-order valence-electron chi connectivity index (χ1n) is 10.7. The van der Waals surface area contributed by atoms with Gasteiger partial charge in [0.1, 0.15) is 6.61 Å². The van der Waals surface area contributed by atoms with E-state index >= 15 is 0 Å². The highest BCUT2D eigenvalue weighted by atomic mass is 16.5. The summed E-state index contributed by atoms with van der Waals surface area (Å²) in [6, 6.07) is 16.1. The highest BCUT2D eigenvalue weighted by Crippen LogP contribution is 2.44. The summed E-state index contributed by atoms with van der Waals surface area (Å²) in [4.78, 5) is 34.9. The molecule has 1 fully saturated rings. The van der Waals surface area contributed by atoms with Gasteiger partial charge in [0.25, 0.3) is 0 Å². The Labute approximate surface area is 185 Å². The van der Waals surface area contributed by atoms with E-state index in [2.05, 4.69) is 34.9 Å². The number of aliphatic carboxylic acids is 1. The zero-order valence-corrected chi connectivity index (χ0v) is 17.5. The van der Waals surface area contributed by atoms with Crippen LogP contribution in [0.3, 0.4) is 0 Å². The number of ether oxygens (including phenoxy) is 1. The number of benzene rings is 2. The molecule has 0 radical (unpaired) electrons. The summed E-state index contributed by atoms with van der Waals surface area (Å²) in [5.74, 6) is -1.76. The number of carboxylic acids is 1. The molecule has 1 atom stereocenters. The molecular weight excluding hydrogens is 412 g/mol. The fourth-order valence-corrected chi connectivity index (χ4v) is 4.36. The van der Waals surface area contributed by atoms with Gasteiger partial charge in [0, 0.05) is 30.8 Å². The minimum atomic E-state index is -1.49. The number of nitrogens with one attached hydrogen (secondary N) is 2. The van der Waals surface area contributed by atoms with Gasteiger partial charge in [0.15, 0.2) is 6.10 Å². The Bertz CT molecular complexity index is 972.